The molecule has 0 spiro atoms. The second-order valence-electron chi connectivity index (χ2n) is 4.89. The first-order valence-corrected chi connectivity index (χ1v) is 5.83. The predicted octanol–water partition coefficient (Wildman–Crippen LogP) is 1.59. The lowest BCUT2D eigenvalue weighted by Crippen LogP contribution is -2.30. The van der Waals surface area contributed by atoms with Crippen LogP contribution in [-0.4, -0.2) is 33.8 Å². The highest BCUT2D eigenvalue weighted by atomic mass is 16.3. The molecule has 1 fully saturated rings. The molecule has 2 aromatic rings. The number of fused-ring (bicyclic) bond motifs is 1. The summed E-state index contributed by atoms with van der Waals surface area (Å²) >= 11 is 0. The Bertz CT molecular complexity index is 553. The van der Waals surface area contributed by atoms with E-state index in [9.17, 15) is 5.11 Å². The van der Waals surface area contributed by atoms with Crippen LogP contribution in [0.4, 0.5) is 5.82 Å². The SMILES string of the molecule is CC1(O)CCN(c2cnc3ccccc3n2)C1. The van der Waals surface area contributed by atoms with Gasteiger partial charge >= 0.3 is 0 Å². The molecule has 1 aliphatic rings. The lowest BCUT2D eigenvalue weighted by molar-refractivity contribution is 0.0839. The van der Waals surface area contributed by atoms with E-state index in [2.05, 4.69) is 14.9 Å². The van der Waals surface area contributed by atoms with Crippen LogP contribution in [0.2, 0.25) is 0 Å². The van der Waals surface area contributed by atoms with Crippen molar-refractivity contribution in [3.05, 3.63) is 30.5 Å². The lowest BCUT2D eigenvalue weighted by Gasteiger charge is -2.19. The standard InChI is InChI=1S/C13H15N3O/c1-13(17)6-7-16(9-13)12-8-14-10-4-2-3-5-11(10)15-12/h2-5,8,17H,6-7,9H2,1H3. The number of nitrogens with zero attached hydrogens (tertiary/aromatic N) is 3. The van der Waals surface area contributed by atoms with Gasteiger partial charge in [-0.3, -0.25) is 4.98 Å². The van der Waals surface area contributed by atoms with E-state index in [1.54, 1.807) is 6.20 Å². The molecule has 1 N–H and O–H groups in total. The van der Waals surface area contributed by atoms with Crippen LogP contribution in [0.25, 0.3) is 11.0 Å². The molecular weight excluding hydrogens is 214 g/mol. The normalized spacial score (nSPS) is 24.5. The highest BCUT2D eigenvalue weighted by molar-refractivity contribution is 5.75. The number of aliphatic hydroxyl groups is 1. The summed E-state index contributed by atoms with van der Waals surface area (Å²) < 4.78 is 0. The Morgan fingerprint density at radius 2 is 2.06 bits per heavy atom. The molecule has 17 heavy (non-hydrogen) atoms. The Labute approximate surface area is 99.9 Å². The maximum Gasteiger partial charge on any atom is 0.147 e. The molecule has 0 amide bonds. The van der Waals surface area contributed by atoms with Gasteiger partial charge in [0.25, 0.3) is 0 Å². The average molecular weight is 229 g/mol. The van der Waals surface area contributed by atoms with E-state index in [-0.39, 0.29) is 0 Å². The number of aromatic nitrogens is 2. The Hall–Kier alpha value is -1.68. The Kier molecular flexibility index (Phi) is 2.26. The van der Waals surface area contributed by atoms with Crippen molar-refractivity contribution in [1.82, 2.24) is 9.97 Å². The minimum atomic E-state index is -0.604. The number of β-amino-alcohol motifs (C(OH)–C–C–N with tert-alkyl or cyclic N) is 1. The molecule has 0 radical (unpaired) electrons. The van der Waals surface area contributed by atoms with E-state index in [4.69, 9.17) is 0 Å². The van der Waals surface area contributed by atoms with Crippen LogP contribution in [0.5, 0.6) is 0 Å². The molecule has 0 saturated carbocycles. The minimum Gasteiger partial charge on any atom is -0.388 e. The van der Waals surface area contributed by atoms with Crippen molar-refractivity contribution in [2.45, 2.75) is 18.9 Å². The van der Waals surface area contributed by atoms with Crippen LogP contribution in [-0.2, 0) is 0 Å². The van der Waals surface area contributed by atoms with Gasteiger partial charge in [-0.1, -0.05) is 12.1 Å². The van der Waals surface area contributed by atoms with E-state index in [0.717, 1.165) is 29.8 Å². The van der Waals surface area contributed by atoms with Crippen molar-refractivity contribution in [1.29, 1.82) is 0 Å². The average Bonchev–Trinajstić information content (AvgIpc) is 2.69. The molecule has 1 aliphatic heterocycles. The molecule has 0 bridgehead atoms. The fourth-order valence-corrected chi connectivity index (χ4v) is 2.24. The molecule has 88 valence electrons. The van der Waals surface area contributed by atoms with Gasteiger partial charge in [-0.25, -0.2) is 4.98 Å². The van der Waals surface area contributed by atoms with E-state index >= 15 is 0 Å². The Morgan fingerprint density at radius 1 is 1.29 bits per heavy atom. The summed E-state index contributed by atoms with van der Waals surface area (Å²) in [6.45, 7) is 3.32. The maximum atomic E-state index is 9.95. The number of anilines is 1. The van der Waals surface area contributed by atoms with Crippen LogP contribution in [0, 0.1) is 0 Å². The van der Waals surface area contributed by atoms with Gasteiger partial charge in [-0.05, 0) is 25.5 Å². The van der Waals surface area contributed by atoms with E-state index in [0.29, 0.717) is 6.54 Å². The van der Waals surface area contributed by atoms with Gasteiger partial charge in [-0.15, -0.1) is 0 Å². The lowest BCUT2D eigenvalue weighted by atomic mass is 10.1. The molecule has 1 saturated heterocycles. The third kappa shape index (κ3) is 1.96. The number of para-hydroxylation sites is 2. The van der Waals surface area contributed by atoms with Gasteiger partial charge in [0, 0.05) is 13.1 Å². The Balaban J connectivity index is 1.96. The molecule has 1 atom stereocenters. The summed E-state index contributed by atoms with van der Waals surface area (Å²) in [7, 11) is 0. The zero-order valence-corrected chi connectivity index (χ0v) is 9.80. The number of benzene rings is 1. The number of rotatable bonds is 1. The maximum absolute atomic E-state index is 9.95. The van der Waals surface area contributed by atoms with E-state index in [1.165, 1.54) is 0 Å². The third-order valence-electron chi connectivity index (χ3n) is 3.21. The monoisotopic (exact) mass is 229 g/mol. The van der Waals surface area contributed by atoms with Crippen LogP contribution in [0.1, 0.15) is 13.3 Å². The van der Waals surface area contributed by atoms with Gasteiger partial charge in [-0.2, -0.15) is 0 Å². The molecule has 2 heterocycles. The van der Waals surface area contributed by atoms with Crippen LogP contribution in [0.15, 0.2) is 30.5 Å². The van der Waals surface area contributed by atoms with Gasteiger partial charge in [0.2, 0.25) is 0 Å². The molecule has 0 aliphatic carbocycles. The fourth-order valence-electron chi connectivity index (χ4n) is 2.24. The summed E-state index contributed by atoms with van der Waals surface area (Å²) in [5, 5.41) is 9.95. The van der Waals surface area contributed by atoms with Crippen molar-refractivity contribution in [3.8, 4) is 0 Å². The molecule has 1 aromatic heterocycles. The minimum absolute atomic E-state index is 0.604. The van der Waals surface area contributed by atoms with Gasteiger partial charge in [0.05, 0.1) is 22.8 Å². The van der Waals surface area contributed by atoms with Crippen molar-refractivity contribution in [2.75, 3.05) is 18.0 Å². The van der Waals surface area contributed by atoms with Crippen LogP contribution in [0.3, 0.4) is 0 Å². The zero-order valence-electron chi connectivity index (χ0n) is 9.80. The fraction of sp³-hybridized carbons (Fsp3) is 0.385. The smallest absolute Gasteiger partial charge is 0.147 e. The first kappa shape index (κ1) is 10.5. The predicted molar refractivity (Wildman–Crippen MR) is 67.0 cm³/mol. The Morgan fingerprint density at radius 3 is 2.76 bits per heavy atom. The highest BCUT2D eigenvalue weighted by Crippen LogP contribution is 2.25. The quantitative estimate of drug-likeness (QED) is 0.806. The largest absolute Gasteiger partial charge is 0.388 e. The summed E-state index contributed by atoms with van der Waals surface area (Å²) in [5.74, 6) is 0.849. The summed E-state index contributed by atoms with van der Waals surface area (Å²) in [6.07, 6.45) is 2.56. The second kappa shape index (κ2) is 3.67. The molecule has 1 aromatic carbocycles. The molecule has 4 nitrogen and oxygen atoms in total. The van der Waals surface area contributed by atoms with Gasteiger partial charge in [0.15, 0.2) is 0 Å². The van der Waals surface area contributed by atoms with Crippen molar-refractivity contribution < 1.29 is 5.11 Å². The van der Waals surface area contributed by atoms with Gasteiger partial charge < -0.3 is 10.0 Å². The molecular formula is C13H15N3O. The molecule has 3 rings (SSSR count). The molecule has 4 heteroatoms. The topological polar surface area (TPSA) is 49.2 Å². The first-order chi connectivity index (χ1) is 8.14. The summed E-state index contributed by atoms with van der Waals surface area (Å²) in [4.78, 5) is 11.0. The summed E-state index contributed by atoms with van der Waals surface area (Å²) in [5.41, 5.74) is 1.20. The highest BCUT2D eigenvalue weighted by Gasteiger charge is 2.32. The zero-order chi connectivity index (χ0) is 11.9. The summed E-state index contributed by atoms with van der Waals surface area (Å²) in [6, 6.07) is 7.82. The second-order valence-corrected chi connectivity index (χ2v) is 4.89. The van der Waals surface area contributed by atoms with E-state index < -0.39 is 5.60 Å². The first-order valence-electron chi connectivity index (χ1n) is 5.83. The van der Waals surface area contributed by atoms with Crippen LogP contribution < -0.4 is 4.90 Å². The van der Waals surface area contributed by atoms with Crippen molar-refractivity contribution >= 4 is 16.9 Å². The van der Waals surface area contributed by atoms with Gasteiger partial charge in [0.1, 0.15) is 5.82 Å². The number of hydrogen-bond donors (Lipinski definition) is 1. The van der Waals surface area contributed by atoms with Crippen LogP contribution >= 0.6 is 0 Å². The van der Waals surface area contributed by atoms with E-state index in [1.807, 2.05) is 31.2 Å². The third-order valence-corrected chi connectivity index (χ3v) is 3.21. The van der Waals surface area contributed by atoms with Crippen molar-refractivity contribution in [3.63, 3.8) is 0 Å². The number of hydrogen-bond acceptors (Lipinski definition) is 4. The molecule has 1 unspecified atom stereocenters. The van der Waals surface area contributed by atoms with Crippen molar-refractivity contribution in [2.24, 2.45) is 0 Å².